The van der Waals surface area contributed by atoms with Crippen molar-refractivity contribution in [3.05, 3.63) is 91.4 Å². The van der Waals surface area contributed by atoms with E-state index >= 15 is 0 Å². The molecule has 0 amide bonds. The zero-order valence-electron chi connectivity index (χ0n) is 16.1. The van der Waals surface area contributed by atoms with Gasteiger partial charge in [-0.05, 0) is 64.2 Å². The Morgan fingerprint density at radius 3 is 2.60 bits per heavy atom. The van der Waals surface area contributed by atoms with Crippen LogP contribution in [-0.2, 0) is 20.7 Å². The predicted octanol–water partition coefficient (Wildman–Crippen LogP) is 4.91. The Balaban J connectivity index is 2.14. The molecule has 0 aliphatic heterocycles. The van der Waals surface area contributed by atoms with Crippen molar-refractivity contribution in [1.82, 2.24) is 0 Å². The van der Waals surface area contributed by atoms with Crippen LogP contribution in [0.2, 0.25) is 0 Å². The minimum atomic E-state index is -3.83. The van der Waals surface area contributed by atoms with E-state index < -0.39 is 34.0 Å². The third-order valence-corrected chi connectivity index (χ3v) is 5.62. The normalized spacial score (nSPS) is 18.7. The van der Waals surface area contributed by atoms with Crippen molar-refractivity contribution in [1.29, 1.82) is 0 Å². The molecule has 0 fully saturated rings. The highest BCUT2D eigenvalue weighted by Crippen LogP contribution is 2.44. The number of fused-ring (bicyclic) bond motifs is 2. The van der Waals surface area contributed by atoms with Gasteiger partial charge in [-0.15, -0.1) is 0 Å². The smallest absolute Gasteiger partial charge is 0.264 e. The molecule has 156 valence electrons. The number of nitrogens with zero attached hydrogens (tertiary/aromatic N) is 6. The van der Waals surface area contributed by atoms with E-state index in [0.717, 1.165) is 22.9 Å². The average molecular weight is 430 g/mol. The fraction of sp³-hybridized carbons (Fsp3) is 0.368. The molecule has 0 radical (unpaired) electrons. The molecule has 0 bridgehead atoms. The van der Waals surface area contributed by atoms with Gasteiger partial charge in [0.15, 0.2) is 0 Å². The molecule has 30 heavy (non-hydrogen) atoms. The first-order chi connectivity index (χ1) is 14.3. The topological polar surface area (TPSA) is 141 Å². The first-order valence-electron chi connectivity index (χ1n) is 9.12. The molecule has 11 heteroatoms. The molecule has 0 saturated carbocycles. The second kappa shape index (κ2) is 9.15. The fourth-order valence-corrected chi connectivity index (χ4v) is 4.54. The zero-order chi connectivity index (χ0) is 21.7. The second-order valence-electron chi connectivity index (χ2n) is 7.05. The summed E-state index contributed by atoms with van der Waals surface area (Å²) in [4.78, 5) is 5.64. The summed E-state index contributed by atoms with van der Waals surface area (Å²) in [6, 6.07) is 11.1. The lowest BCUT2D eigenvalue weighted by Crippen LogP contribution is -2.25. The number of benzene rings is 2. The molecule has 9 nitrogen and oxygen atoms in total. The first kappa shape index (κ1) is 21.6. The quantitative estimate of drug-likeness (QED) is 0.266. The van der Waals surface area contributed by atoms with Gasteiger partial charge in [0.05, 0.1) is 24.9 Å². The monoisotopic (exact) mass is 430 g/mol. The Labute approximate surface area is 172 Å². The predicted molar refractivity (Wildman–Crippen MR) is 109 cm³/mol. The van der Waals surface area contributed by atoms with E-state index in [1.165, 1.54) is 12.1 Å². The third kappa shape index (κ3) is 5.08. The van der Waals surface area contributed by atoms with Crippen LogP contribution in [0.25, 0.3) is 20.9 Å². The van der Waals surface area contributed by atoms with Crippen LogP contribution >= 0.6 is 0 Å². The van der Waals surface area contributed by atoms with Gasteiger partial charge in [0.25, 0.3) is 10.1 Å². The largest absolute Gasteiger partial charge is 0.267 e. The summed E-state index contributed by atoms with van der Waals surface area (Å²) in [7, 11) is -3.83. The molecular weight excluding hydrogens is 411 g/mol. The van der Waals surface area contributed by atoms with Crippen molar-refractivity contribution in [2.24, 2.45) is 10.2 Å². The van der Waals surface area contributed by atoms with Crippen molar-refractivity contribution in [2.75, 3.05) is 12.8 Å². The van der Waals surface area contributed by atoms with Gasteiger partial charge in [-0.3, -0.25) is 4.18 Å². The molecule has 0 aromatic heterocycles. The first-order valence-corrected chi connectivity index (χ1v) is 10.9. The van der Waals surface area contributed by atoms with Crippen molar-refractivity contribution < 1.29 is 17.0 Å². The lowest BCUT2D eigenvalue weighted by molar-refractivity contribution is 0.192. The minimum absolute atomic E-state index is 0.0861. The van der Waals surface area contributed by atoms with E-state index in [4.69, 9.17) is 9.71 Å². The van der Waals surface area contributed by atoms with Crippen LogP contribution in [0.15, 0.2) is 52.7 Å². The highest BCUT2D eigenvalue weighted by molar-refractivity contribution is 7.86. The van der Waals surface area contributed by atoms with Crippen LogP contribution in [0.3, 0.4) is 0 Å². The summed E-state index contributed by atoms with van der Waals surface area (Å²) in [6.45, 7) is -0.221. The Kier molecular flexibility index (Phi) is 6.59. The molecule has 1 aliphatic rings. The third-order valence-electron chi connectivity index (χ3n) is 5.00. The summed E-state index contributed by atoms with van der Waals surface area (Å²) < 4.78 is 42.6. The molecule has 2 aromatic rings. The fourth-order valence-electron chi connectivity index (χ4n) is 3.91. The average Bonchev–Trinajstić information content (AvgIpc) is 2.81. The SMILES string of the molecule is CS(=O)(=O)O[C@@H](CN=[N+]=[N-])C[C@@H]1c2ccccc2Cc2ccc(F)cc2[C@@H]1N=[N+]=[N-]. The molecule has 0 N–H and O–H groups in total. The maximum Gasteiger partial charge on any atom is 0.264 e. The molecule has 2 aromatic carbocycles. The molecule has 0 spiro atoms. The standard InChI is InChI=1S/C19H19FN6O3S/c1-30(27,28)29-15(11-23-25-21)10-18-16-5-3-2-4-12(16)8-13-6-7-14(20)9-17(13)19(18)24-26-22/h2-7,9,15,18-19H,8,10-11H2,1H3/t15-,18-,19+/m1/s1. The number of hydrogen-bond donors (Lipinski definition) is 0. The number of azide groups is 2. The molecule has 3 atom stereocenters. The summed E-state index contributed by atoms with van der Waals surface area (Å²) >= 11 is 0. The molecule has 0 unspecified atom stereocenters. The van der Waals surface area contributed by atoms with Gasteiger partial charge in [0, 0.05) is 9.82 Å². The highest BCUT2D eigenvalue weighted by atomic mass is 32.2. The van der Waals surface area contributed by atoms with Gasteiger partial charge >= 0.3 is 0 Å². The van der Waals surface area contributed by atoms with Crippen LogP contribution in [0.1, 0.15) is 40.6 Å². The second-order valence-corrected chi connectivity index (χ2v) is 8.65. The summed E-state index contributed by atoms with van der Waals surface area (Å²) in [5.41, 5.74) is 21.0. The van der Waals surface area contributed by atoms with Crippen molar-refractivity contribution in [3.8, 4) is 0 Å². The summed E-state index contributed by atoms with van der Waals surface area (Å²) in [6.07, 6.45) is 0.531. The van der Waals surface area contributed by atoms with E-state index in [0.29, 0.717) is 12.0 Å². The number of hydrogen-bond acceptors (Lipinski definition) is 5. The van der Waals surface area contributed by atoms with Crippen LogP contribution < -0.4 is 0 Å². The molecule has 0 saturated heterocycles. The van der Waals surface area contributed by atoms with Crippen LogP contribution in [0.5, 0.6) is 0 Å². The number of halogens is 1. The van der Waals surface area contributed by atoms with E-state index in [1.54, 1.807) is 6.07 Å². The van der Waals surface area contributed by atoms with E-state index in [-0.39, 0.29) is 13.0 Å². The van der Waals surface area contributed by atoms with Gasteiger partial charge < -0.3 is 0 Å². The molecular formula is C19H19FN6O3S. The lowest BCUT2D eigenvalue weighted by atomic mass is 9.83. The van der Waals surface area contributed by atoms with Gasteiger partial charge in [-0.2, -0.15) is 8.42 Å². The van der Waals surface area contributed by atoms with Crippen molar-refractivity contribution >= 4 is 10.1 Å². The molecule has 1 aliphatic carbocycles. The van der Waals surface area contributed by atoms with Gasteiger partial charge in [0.1, 0.15) is 5.82 Å². The van der Waals surface area contributed by atoms with Gasteiger partial charge in [-0.1, -0.05) is 40.6 Å². The molecule has 3 rings (SSSR count). The van der Waals surface area contributed by atoms with E-state index in [2.05, 4.69) is 20.1 Å². The lowest BCUT2D eigenvalue weighted by Gasteiger charge is -2.27. The molecule has 0 heterocycles. The van der Waals surface area contributed by atoms with Gasteiger partial charge in [0.2, 0.25) is 0 Å². The highest BCUT2D eigenvalue weighted by Gasteiger charge is 2.34. The number of rotatable bonds is 7. The van der Waals surface area contributed by atoms with Crippen LogP contribution in [0.4, 0.5) is 4.39 Å². The summed E-state index contributed by atoms with van der Waals surface area (Å²) in [5, 5.41) is 7.40. The Bertz CT molecular complexity index is 1140. The minimum Gasteiger partial charge on any atom is -0.267 e. The maximum atomic E-state index is 14.1. The Hall–Kier alpha value is -3.10. The summed E-state index contributed by atoms with van der Waals surface area (Å²) in [5.74, 6) is -0.976. The van der Waals surface area contributed by atoms with Gasteiger partial charge in [-0.25, -0.2) is 4.39 Å². The van der Waals surface area contributed by atoms with E-state index in [9.17, 15) is 18.3 Å². The van der Waals surface area contributed by atoms with E-state index in [1.807, 2.05) is 24.3 Å². The Morgan fingerprint density at radius 1 is 1.17 bits per heavy atom. The zero-order valence-corrected chi connectivity index (χ0v) is 16.9. The van der Waals surface area contributed by atoms with Crippen LogP contribution in [0, 0.1) is 5.82 Å². The Morgan fingerprint density at radius 2 is 1.90 bits per heavy atom. The van der Waals surface area contributed by atoms with Crippen LogP contribution in [-0.4, -0.2) is 27.3 Å². The maximum absolute atomic E-state index is 14.1. The van der Waals surface area contributed by atoms with Crippen molar-refractivity contribution in [2.45, 2.75) is 30.9 Å². The van der Waals surface area contributed by atoms with Crippen molar-refractivity contribution in [3.63, 3.8) is 0 Å².